The molecule has 2 saturated carbocycles. The Labute approximate surface area is 213 Å². The summed E-state index contributed by atoms with van der Waals surface area (Å²) >= 11 is 0. The number of Topliss-reactive ketones (excluding diaryl/α,β-unsaturated/α-hetero) is 1. The summed E-state index contributed by atoms with van der Waals surface area (Å²) < 4.78 is 17.6. The number of ketones is 1. The number of cyclic esters (lactones) is 1. The third-order valence-electron chi connectivity index (χ3n) is 11.8. The number of hydrogen-bond donors (Lipinski definition) is 2. The number of epoxide rings is 1. The molecule has 0 aromatic rings. The number of esters is 1. The highest BCUT2D eigenvalue weighted by Crippen LogP contribution is 2.71. The Hall–Kier alpha value is -1.54. The number of hydrogen-bond acceptors (Lipinski definition) is 7. The van der Waals surface area contributed by atoms with E-state index < -0.39 is 34.7 Å². The van der Waals surface area contributed by atoms with Crippen molar-refractivity contribution in [2.75, 3.05) is 7.11 Å². The van der Waals surface area contributed by atoms with Gasteiger partial charge in [-0.1, -0.05) is 30.6 Å². The van der Waals surface area contributed by atoms with E-state index in [1.54, 1.807) is 7.11 Å². The minimum absolute atomic E-state index is 0.0420. The van der Waals surface area contributed by atoms with Crippen LogP contribution in [0, 0.1) is 28.6 Å². The van der Waals surface area contributed by atoms with Gasteiger partial charge in [0.05, 0.1) is 23.7 Å². The smallest absolute Gasteiger partial charge is 0.333 e. The van der Waals surface area contributed by atoms with Crippen molar-refractivity contribution in [2.24, 2.45) is 28.6 Å². The quantitative estimate of drug-likeness (QED) is 0.348. The predicted molar refractivity (Wildman–Crippen MR) is 131 cm³/mol. The fraction of sp³-hybridized carbons (Fsp3) is 0.793. The van der Waals surface area contributed by atoms with Crippen LogP contribution in [0.15, 0.2) is 22.3 Å². The zero-order chi connectivity index (χ0) is 25.9. The van der Waals surface area contributed by atoms with Crippen LogP contribution in [0.4, 0.5) is 0 Å². The van der Waals surface area contributed by atoms with E-state index in [0.717, 1.165) is 24.8 Å². The first-order valence-electron chi connectivity index (χ1n) is 13.6. The van der Waals surface area contributed by atoms with Crippen LogP contribution in [0.5, 0.6) is 0 Å². The van der Waals surface area contributed by atoms with Gasteiger partial charge in [-0.05, 0) is 58.3 Å². The number of aliphatic hydroxyl groups is 2. The molecular formula is C29H40O7. The molecule has 4 aliphatic carbocycles. The van der Waals surface area contributed by atoms with Crippen LogP contribution in [0.1, 0.15) is 73.1 Å². The maximum atomic E-state index is 13.6. The SMILES string of the molecule is CO[C@H]1CC(=O)[C@]2(C)[C@H]3CCC4=C(C[C@@H](O)[C@@]4(C)[C@H](C)[C@H]4CC(C)=C(C)C(=O)O4)[C@@H]3C[C@H]3O[C@]32[C@H]1O. The maximum Gasteiger partial charge on any atom is 0.333 e. The van der Waals surface area contributed by atoms with Gasteiger partial charge in [0.1, 0.15) is 23.6 Å². The van der Waals surface area contributed by atoms with Gasteiger partial charge in [-0.15, -0.1) is 0 Å². The molecule has 36 heavy (non-hydrogen) atoms. The van der Waals surface area contributed by atoms with E-state index in [9.17, 15) is 19.8 Å². The van der Waals surface area contributed by atoms with Gasteiger partial charge in [-0.3, -0.25) is 4.79 Å². The Balaban J connectivity index is 1.35. The highest BCUT2D eigenvalue weighted by molar-refractivity contribution is 5.90. The number of carbonyl (C=O) groups is 2. The molecule has 0 aromatic heterocycles. The fourth-order valence-corrected chi connectivity index (χ4v) is 9.17. The van der Waals surface area contributed by atoms with Gasteiger partial charge < -0.3 is 24.4 Å². The van der Waals surface area contributed by atoms with E-state index in [0.29, 0.717) is 18.4 Å². The Kier molecular flexibility index (Phi) is 5.33. The fourth-order valence-electron chi connectivity index (χ4n) is 9.17. The Bertz CT molecular complexity index is 1090. The second-order valence-corrected chi connectivity index (χ2v) is 12.8. The Morgan fingerprint density at radius 2 is 1.83 bits per heavy atom. The first-order chi connectivity index (χ1) is 16.9. The zero-order valence-corrected chi connectivity index (χ0v) is 22.3. The minimum Gasteiger partial charge on any atom is -0.458 e. The van der Waals surface area contributed by atoms with Crippen molar-refractivity contribution < 1.29 is 34.0 Å². The minimum atomic E-state index is -0.853. The summed E-state index contributed by atoms with van der Waals surface area (Å²) in [5.41, 5.74) is 2.21. The molecule has 11 atom stereocenters. The molecule has 0 amide bonds. The largest absolute Gasteiger partial charge is 0.458 e. The second kappa shape index (κ2) is 7.75. The van der Waals surface area contributed by atoms with Crippen LogP contribution in [0.3, 0.4) is 0 Å². The van der Waals surface area contributed by atoms with Gasteiger partial charge in [0, 0.05) is 36.9 Å². The Morgan fingerprint density at radius 1 is 1.11 bits per heavy atom. The van der Waals surface area contributed by atoms with Crippen LogP contribution < -0.4 is 0 Å². The standard InChI is InChI=1S/C29H40O7/c1-13-9-20(35-26(33)14(13)2)15(3)27(4)18-7-8-19-17(16(18)10-22(27)30)11-24-29(36-24)25(32)21(34-6)12-23(31)28(19,29)5/h15,17,19-22,24-25,30,32H,7-12H2,1-6H3/t15-,17+,19+,20-,21+,22-,24-,25+,27+,28+,29+/m1/s1. The lowest BCUT2D eigenvalue weighted by molar-refractivity contribution is -0.173. The summed E-state index contributed by atoms with van der Waals surface area (Å²) in [6, 6.07) is 0. The number of aliphatic hydroxyl groups excluding tert-OH is 2. The third-order valence-corrected chi connectivity index (χ3v) is 11.8. The molecule has 1 saturated heterocycles. The molecule has 0 radical (unpaired) electrons. The van der Waals surface area contributed by atoms with E-state index in [1.165, 1.54) is 11.1 Å². The topological polar surface area (TPSA) is 106 Å². The summed E-state index contributed by atoms with van der Waals surface area (Å²) in [4.78, 5) is 26.1. The lowest BCUT2D eigenvalue weighted by Gasteiger charge is -2.55. The molecule has 7 heteroatoms. The normalized spacial score (nSPS) is 50.7. The summed E-state index contributed by atoms with van der Waals surface area (Å²) in [5, 5.41) is 22.8. The van der Waals surface area contributed by atoms with Gasteiger partial charge >= 0.3 is 5.97 Å². The molecule has 1 spiro atoms. The van der Waals surface area contributed by atoms with E-state index in [-0.39, 0.29) is 48.1 Å². The lowest BCUT2D eigenvalue weighted by atomic mass is 9.47. The molecule has 2 aliphatic heterocycles. The van der Waals surface area contributed by atoms with Gasteiger partial charge in [0.15, 0.2) is 0 Å². The van der Waals surface area contributed by atoms with Crippen molar-refractivity contribution in [3.63, 3.8) is 0 Å². The average molecular weight is 501 g/mol. The van der Waals surface area contributed by atoms with Crippen LogP contribution in [0.25, 0.3) is 0 Å². The van der Waals surface area contributed by atoms with Crippen LogP contribution in [0.2, 0.25) is 0 Å². The van der Waals surface area contributed by atoms with E-state index in [1.807, 2.05) is 20.8 Å². The monoisotopic (exact) mass is 500 g/mol. The molecule has 2 heterocycles. The highest BCUT2D eigenvalue weighted by Gasteiger charge is 2.81. The van der Waals surface area contributed by atoms with Gasteiger partial charge in [-0.25, -0.2) is 4.79 Å². The van der Waals surface area contributed by atoms with Crippen molar-refractivity contribution in [3.05, 3.63) is 22.3 Å². The first kappa shape index (κ1) is 24.8. The van der Waals surface area contributed by atoms with Crippen molar-refractivity contribution in [3.8, 4) is 0 Å². The van der Waals surface area contributed by atoms with Crippen LogP contribution in [-0.2, 0) is 23.8 Å². The summed E-state index contributed by atoms with van der Waals surface area (Å²) in [6.45, 7) is 10.1. The van der Waals surface area contributed by atoms with Crippen molar-refractivity contribution in [2.45, 2.75) is 109 Å². The Morgan fingerprint density at radius 3 is 2.50 bits per heavy atom. The molecule has 6 aliphatic rings. The third kappa shape index (κ3) is 2.78. The van der Waals surface area contributed by atoms with Gasteiger partial charge in [-0.2, -0.15) is 0 Å². The molecular weight excluding hydrogens is 460 g/mol. The second-order valence-electron chi connectivity index (χ2n) is 12.8. The number of methoxy groups -OCH3 is 1. The first-order valence-corrected chi connectivity index (χ1v) is 13.6. The summed E-state index contributed by atoms with van der Waals surface area (Å²) in [5.74, 6) is 0.0499. The highest BCUT2D eigenvalue weighted by atomic mass is 16.6. The molecule has 2 N–H and O–H groups in total. The molecule has 0 bridgehead atoms. The van der Waals surface area contributed by atoms with Gasteiger partial charge in [0.25, 0.3) is 0 Å². The molecule has 6 rings (SSSR count). The van der Waals surface area contributed by atoms with Crippen LogP contribution in [-0.4, -0.2) is 65.2 Å². The number of rotatable bonds is 3. The van der Waals surface area contributed by atoms with E-state index >= 15 is 0 Å². The zero-order valence-electron chi connectivity index (χ0n) is 22.3. The molecule has 3 fully saturated rings. The van der Waals surface area contributed by atoms with E-state index in [4.69, 9.17) is 14.2 Å². The van der Waals surface area contributed by atoms with E-state index in [2.05, 4.69) is 13.8 Å². The molecule has 7 nitrogen and oxygen atoms in total. The van der Waals surface area contributed by atoms with Crippen molar-refractivity contribution in [1.82, 2.24) is 0 Å². The number of ether oxygens (including phenoxy) is 3. The number of carbonyl (C=O) groups excluding carboxylic acids is 2. The summed E-state index contributed by atoms with van der Waals surface area (Å²) in [7, 11) is 1.55. The van der Waals surface area contributed by atoms with Crippen molar-refractivity contribution >= 4 is 11.8 Å². The van der Waals surface area contributed by atoms with Crippen LogP contribution >= 0.6 is 0 Å². The molecule has 198 valence electrons. The average Bonchev–Trinajstić information content (AvgIpc) is 3.53. The number of fused-ring (bicyclic) bond motifs is 3. The maximum absolute atomic E-state index is 13.6. The van der Waals surface area contributed by atoms with Gasteiger partial charge in [0.2, 0.25) is 0 Å². The summed E-state index contributed by atoms with van der Waals surface area (Å²) in [6.07, 6.45) is 1.52. The lowest BCUT2D eigenvalue weighted by Crippen LogP contribution is -2.67. The molecule has 0 aromatic carbocycles. The van der Waals surface area contributed by atoms with Crippen molar-refractivity contribution in [1.29, 1.82) is 0 Å². The molecule has 0 unspecified atom stereocenters. The predicted octanol–water partition coefficient (Wildman–Crippen LogP) is 3.26.